The van der Waals surface area contributed by atoms with Gasteiger partial charge in [0.15, 0.2) is 5.69 Å². The van der Waals surface area contributed by atoms with Gasteiger partial charge in [0.05, 0.1) is 12.3 Å². The fraction of sp³-hybridized carbons (Fsp3) is 0.364. The molecule has 0 saturated heterocycles. The molecule has 1 heterocycles. The summed E-state index contributed by atoms with van der Waals surface area (Å²) in [6.45, 7) is 1.45. The predicted octanol–water partition coefficient (Wildman–Crippen LogP) is 1.53. The third-order valence-corrected chi connectivity index (χ3v) is 2.13. The third-order valence-electron chi connectivity index (χ3n) is 2.13. The fourth-order valence-electron chi connectivity index (χ4n) is 1.40. The molecule has 1 aromatic rings. The second-order valence-corrected chi connectivity index (χ2v) is 3.26. The average molecular weight is 255 g/mol. The van der Waals surface area contributed by atoms with E-state index in [4.69, 9.17) is 11.0 Å². The molecule has 2 N–H and O–H groups in total. The van der Waals surface area contributed by atoms with Gasteiger partial charge in [0.25, 0.3) is 6.43 Å². The molecular formula is C11H11F2N3O2. The van der Waals surface area contributed by atoms with Crippen LogP contribution in [0.1, 0.15) is 40.7 Å². The van der Waals surface area contributed by atoms with Crippen molar-refractivity contribution in [3.05, 3.63) is 28.6 Å². The Labute approximate surface area is 102 Å². The Bertz CT molecular complexity index is 498. The summed E-state index contributed by atoms with van der Waals surface area (Å²) >= 11 is 0. The van der Waals surface area contributed by atoms with E-state index in [0.717, 1.165) is 6.07 Å². The van der Waals surface area contributed by atoms with Gasteiger partial charge in [-0.3, -0.25) is 0 Å². The second-order valence-electron chi connectivity index (χ2n) is 3.26. The third kappa shape index (κ3) is 2.78. The summed E-state index contributed by atoms with van der Waals surface area (Å²) in [5.74, 6) is -0.986. The molecular weight excluding hydrogens is 244 g/mol. The zero-order chi connectivity index (χ0) is 13.7. The Balaban J connectivity index is 3.45. The summed E-state index contributed by atoms with van der Waals surface area (Å²) in [6.07, 6.45) is -2.91. The molecule has 1 rings (SSSR count). The maximum absolute atomic E-state index is 12.9. The van der Waals surface area contributed by atoms with E-state index in [1.165, 1.54) is 6.92 Å². The van der Waals surface area contributed by atoms with Crippen LogP contribution in [-0.4, -0.2) is 17.6 Å². The number of hydrogen-bond acceptors (Lipinski definition) is 5. The van der Waals surface area contributed by atoms with E-state index >= 15 is 0 Å². The van der Waals surface area contributed by atoms with E-state index < -0.39 is 29.2 Å². The molecule has 0 saturated carbocycles. The lowest BCUT2D eigenvalue weighted by atomic mass is 10.1. The van der Waals surface area contributed by atoms with Crippen LogP contribution in [0.3, 0.4) is 0 Å². The highest BCUT2D eigenvalue weighted by atomic mass is 19.3. The van der Waals surface area contributed by atoms with E-state index in [2.05, 4.69) is 9.72 Å². The van der Waals surface area contributed by atoms with Crippen LogP contribution in [0.25, 0.3) is 0 Å². The number of nitrogens with zero attached hydrogens (tertiary/aromatic N) is 2. The van der Waals surface area contributed by atoms with Crippen LogP contribution < -0.4 is 5.73 Å². The molecule has 0 unspecified atom stereocenters. The van der Waals surface area contributed by atoms with Crippen molar-refractivity contribution in [2.24, 2.45) is 5.73 Å². The number of carbonyl (C=O) groups is 1. The van der Waals surface area contributed by atoms with Crippen LogP contribution in [0.4, 0.5) is 8.78 Å². The standard InChI is InChI=1S/C11H11F2N3O2/c1-2-18-11(17)9-7(10(12)13)3-6(4-14)16-8(9)5-15/h3,10H,2,4,14H2,1H3. The molecule has 0 aliphatic rings. The highest BCUT2D eigenvalue weighted by molar-refractivity contribution is 5.93. The van der Waals surface area contributed by atoms with Gasteiger partial charge in [-0.1, -0.05) is 0 Å². The molecule has 0 fully saturated rings. The number of alkyl halides is 2. The smallest absolute Gasteiger partial charge is 0.341 e. The molecule has 0 amide bonds. The van der Waals surface area contributed by atoms with Gasteiger partial charge in [-0.15, -0.1) is 0 Å². The molecule has 0 aromatic carbocycles. The molecule has 7 heteroatoms. The van der Waals surface area contributed by atoms with E-state index in [1.54, 1.807) is 6.07 Å². The second kappa shape index (κ2) is 6.02. The quantitative estimate of drug-likeness (QED) is 0.824. The van der Waals surface area contributed by atoms with E-state index in [-0.39, 0.29) is 18.8 Å². The summed E-state index contributed by atoms with van der Waals surface area (Å²) < 4.78 is 30.4. The molecule has 0 aliphatic heterocycles. The van der Waals surface area contributed by atoms with E-state index in [9.17, 15) is 13.6 Å². The maximum Gasteiger partial charge on any atom is 0.341 e. The molecule has 0 radical (unpaired) electrons. The van der Waals surface area contributed by atoms with Crippen molar-refractivity contribution in [1.29, 1.82) is 5.26 Å². The van der Waals surface area contributed by atoms with Gasteiger partial charge in [-0.25, -0.2) is 18.6 Å². The fourth-order valence-corrected chi connectivity index (χ4v) is 1.40. The average Bonchev–Trinajstić information content (AvgIpc) is 2.37. The number of esters is 1. The minimum atomic E-state index is -2.91. The van der Waals surface area contributed by atoms with Crippen LogP contribution in [0, 0.1) is 11.3 Å². The minimum Gasteiger partial charge on any atom is -0.462 e. The van der Waals surface area contributed by atoms with Gasteiger partial charge in [0, 0.05) is 12.1 Å². The van der Waals surface area contributed by atoms with Crippen molar-refractivity contribution in [2.75, 3.05) is 6.61 Å². The summed E-state index contributed by atoms with van der Waals surface area (Å²) in [6, 6.07) is 2.62. The highest BCUT2D eigenvalue weighted by Crippen LogP contribution is 2.26. The van der Waals surface area contributed by atoms with Crippen LogP contribution in [0.5, 0.6) is 0 Å². The van der Waals surface area contributed by atoms with Gasteiger partial charge < -0.3 is 10.5 Å². The Morgan fingerprint density at radius 3 is 2.78 bits per heavy atom. The summed E-state index contributed by atoms with van der Waals surface area (Å²) in [7, 11) is 0. The molecule has 96 valence electrons. The number of pyridine rings is 1. The molecule has 5 nitrogen and oxygen atoms in total. The zero-order valence-electron chi connectivity index (χ0n) is 9.61. The Kier molecular flexibility index (Phi) is 4.68. The van der Waals surface area contributed by atoms with Gasteiger partial charge in [0.1, 0.15) is 11.6 Å². The molecule has 0 spiro atoms. The largest absolute Gasteiger partial charge is 0.462 e. The number of aromatic nitrogens is 1. The van der Waals surface area contributed by atoms with Gasteiger partial charge in [-0.05, 0) is 13.0 Å². The van der Waals surface area contributed by atoms with Crippen molar-refractivity contribution >= 4 is 5.97 Å². The first kappa shape index (κ1) is 14.0. The van der Waals surface area contributed by atoms with Crippen LogP contribution in [0.15, 0.2) is 6.07 Å². The Morgan fingerprint density at radius 2 is 2.33 bits per heavy atom. The monoisotopic (exact) mass is 255 g/mol. The van der Waals surface area contributed by atoms with E-state index in [1.807, 2.05) is 0 Å². The normalized spacial score (nSPS) is 10.2. The lowest BCUT2D eigenvalue weighted by molar-refractivity contribution is 0.0514. The molecule has 0 bridgehead atoms. The SMILES string of the molecule is CCOC(=O)c1c(C(F)F)cc(CN)nc1C#N. The van der Waals surface area contributed by atoms with E-state index in [0.29, 0.717) is 0 Å². The van der Waals surface area contributed by atoms with Crippen molar-refractivity contribution in [1.82, 2.24) is 4.98 Å². The number of nitrogens with two attached hydrogens (primary N) is 1. The number of rotatable bonds is 4. The van der Waals surface area contributed by atoms with Crippen molar-refractivity contribution < 1.29 is 18.3 Å². The number of halogens is 2. The summed E-state index contributed by atoms with van der Waals surface area (Å²) in [5.41, 5.74) is 3.94. The van der Waals surface area contributed by atoms with Gasteiger partial charge in [0.2, 0.25) is 0 Å². The lowest BCUT2D eigenvalue weighted by Crippen LogP contribution is -2.14. The maximum atomic E-state index is 12.9. The summed E-state index contributed by atoms with van der Waals surface area (Å²) in [5, 5.41) is 8.86. The van der Waals surface area contributed by atoms with Crippen molar-refractivity contribution in [3.63, 3.8) is 0 Å². The number of carbonyl (C=O) groups excluding carboxylic acids is 1. The number of nitriles is 1. The highest BCUT2D eigenvalue weighted by Gasteiger charge is 2.25. The zero-order valence-corrected chi connectivity index (χ0v) is 9.61. The van der Waals surface area contributed by atoms with Crippen LogP contribution in [0.2, 0.25) is 0 Å². The first-order valence-electron chi connectivity index (χ1n) is 5.14. The molecule has 18 heavy (non-hydrogen) atoms. The van der Waals surface area contributed by atoms with Crippen molar-refractivity contribution in [3.8, 4) is 6.07 Å². The van der Waals surface area contributed by atoms with Crippen molar-refractivity contribution in [2.45, 2.75) is 19.9 Å². The minimum absolute atomic E-state index is 0.0189. The first-order valence-corrected chi connectivity index (χ1v) is 5.14. The van der Waals surface area contributed by atoms with Gasteiger partial charge in [-0.2, -0.15) is 5.26 Å². The molecule has 0 atom stereocenters. The van der Waals surface area contributed by atoms with Gasteiger partial charge >= 0.3 is 5.97 Å². The topological polar surface area (TPSA) is 89.0 Å². The Morgan fingerprint density at radius 1 is 1.67 bits per heavy atom. The lowest BCUT2D eigenvalue weighted by Gasteiger charge is -2.11. The number of hydrogen-bond donors (Lipinski definition) is 1. The van der Waals surface area contributed by atoms with Crippen LogP contribution >= 0.6 is 0 Å². The van der Waals surface area contributed by atoms with Crippen LogP contribution in [-0.2, 0) is 11.3 Å². The summed E-state index contributed by atoms with van der Waals surface area (Å²) in [4.78, 5) is 15.3. The predicted molar refractivity (Wildman–Crippen MR) is 57.8 cm³/mol. The molecule has 0 aliphatic carbocycles. The first-order chi connectivity index (χ1) is 8.54. The Hall–Kier alpha value is -2.07. The number of ether oxygens (including phenoxy) is 1. The molecule has 1 aromatic heterocycles.